The molecule has 0 radical (unpaired) electrons. The molecule has 236 valence electrons. The van der Waals surface area contributed by atoms with E-state index in [1.165, 1.54) is 37.9 Å². The van der Waals surface area contributed by atoms with Crippen LogP contribution in [-0.4, -0.2) is 31.4 Å². The quantitative estimate of drug-likeness (QED) is 0.0902. The van der Waals surface area contributed by atoms with Crippen molar-refractivity contribution in [2.45, 2.75) is 46.5 Å². The fourth-order valence-corrected chi connectivity index (χ4v) is 7.22. The fraction of sp³-hybridized carbons (Fsp3) is 0.176. The van der Waals surface area contributed by atoms with Crippen molar-refractivity contribution in [3.05, 3.63) is 132 Å². The van der Waals surface area contributed by atoms with E-state index in [1.807, 2.05) is 0 Å². The van der Waals surface area contributed by atoms with Crippen LogP contribution in [0.15, 0.2) is 130 Å². The number of hydrogen-bond donors (Lipinski definition) is 0. The summed E-state index contributed by atoms with van der Waals surface area (Å²) in [6.07, 6.45) is -5.43. The van der Waals surface area contributed by atoms with Gasteiger partial charge in [0.1, 0.15) is 5.75 Å². The highest BCUT2D eigenvalue weighted by molar-refractivity contribution is 7.97. The van der Waals surface area contributed by atoms with Gasteiger partial charge in [0, 0.05) is 12.1 Å². The summed E-state index contributed by atoms with van der Waals surface area (Å²) in [6, 6.07) is 37.2. The highest BCUT2D eigenvalue weighted by atomic mass is 32.2. The van der Waals surface area contributed by atoms with Gasteiger partial charge in [0.25, 0.3) is 0 Å². The predicted octanol–water partition coefficient (Wildman–Crippen LogP) is 8.49. The number of alkyl halides is 4. The Labute approximate surface area is 262 Å². The molecule has 0 saturated heterocycles. The molecular formula is C34H30F4O5S2. The van der Waals surface area contributed by atoms with Crippen LogP contribution in [0.25, 0.3) is 10.8 Å². The summed E-state index contributed by atoms with van der Waals surface area (Å²) in [5.41, 5.74) is 2.50. The molecule has 5 nitrogen and oxygen atoms in total. The summed E-state index contributed by atoms with van der Waals surface area (Å²) in [4.78, 5) is 4.00. The van der Waals surface area contributed by atoms with Gasteiger partial charge in [0.2, 0.25) is 0 Å². The SMILES string of the molecule is COc1c(C)cc([S+](c2ccccc2)c2ccccc2)cc1C.O=S(=O)([O-])C(F)(F)C(F)(F)OCc1ccc2ccccc2c1. The summed E-state index contributed by atoms with van der Waals surface area (Å²) >= 11 is 0. The Balaban J connectivity index is 0.000000205. The van der Waals surface area contributed by atoms with Crippen LogP contribution in [0.3, 0.4) is 0 Å². The molecule has 0 aromatic heterocycles. The van der Waals surface area contributed by atoms with Crippen molar-refractivity contribution < 1.29 is 40.0 Å². The van der Waals surface area contributed by atoms with Gasteiger partial charge in [-0.3, -0.25) is 0 Å². The second-order valence-electron chi connectivity index (χ2n) is 9.98. The summed E-state index contributed by atoms with van der Waals surface area (Å²) in [7, 11) is -4.92. The number of benzene rings is 5. The Bertz CT molecular complexity index is 1790. The summed E-state index contributed by atoms with van der Waals surface area (Å²) < 4.78 is 91.9. The zero-order valence-electron chi connectivity index (χ0n) is 24.5. The third kappa shape index (κ3) is 7.85. The molecule has 0 aliphatic carbocycles. The topological polar surface area (TPSA) is 75.7 Å². The van der Waals surface area contributed by atoms with Crippen molar-refractivity contribution in [3.63, 3.8) is 0 Å². The van der Waals surface area contributed by atoms with Crippen molar-refractivity contribution in [3.8, 4) is 5.75 Å². The van der Waals surface area contributed by atoms with Crippen LogP contribution in [0, 0.1) is 13.8 Å². The number of halogens is 4. The van der Waals surface area contributed by atoms with Crippen molar-refractivity contribution in [1.82, 2.24) is 0 Å². The minimum absolute atomic E-state index is 0.101. The highest BCUT2D eigenvalue weighted by Crippen LogP contribution is 2.40. The third-order valence-corrected chi connectivity index (χ3v) is 9.78. The normalized spacial score (nSPS) is 12.1. The van der Waals surface area contributed by atoms with E-state index in [-0.39, 0.29) is 16.5 Å². The van der Waals surface area contributed by atoms with Crippen LogP contribution in [0.5, 0.6) is 5.75 Å². The maximum absolute atomic E-state index is 13.1. The van der Waals surface area contributed by atoms with Crippen LogP contribution in [-0.2, 0) is 32.4 Å². The van der Waals surface area contributed by atoms with Gasteiger partial charge in [-0.2, -0.15) is 17.6 Å². The van der Waals surface area contributed by atoms with Crippen molar-refractivity contribution in [1.29, 1.82) is 0 Å². The molecule has 0 unspecified atom stereocenters. The first-order valence-corrected chi connectivity index (χ1v) is 16.2. The van der Waals surface area contributed by atoms with Crippen LogP contribution in [0.4, 0.5) is 17.6 Å². The average Bonchev–Trinajstić information content (AvgIpc) is 3.01. The van der Waals surface area contributed by atoms with Gasteiger partial charge >= 0.3 is 11.4 Å². The van der Waals surface area contributed by atoms with Crippen LogP contribution >= 0.6 is 0 Å². The van der Waals surface area contributed by atoms with E-state index in [1.54, 1.807) is 37.4 Å². The maximum atomic E-state index is 13.1. The third-order valence-electron chi connectivity index (χ3n) is 6.72. The zero-order valence-corrected chi connectivity index (χ0v) is 26.2. The first-order chi connectivity index (χ1) is 21.2. The van der Waals surface area contributed by atoms with Crippen LogP contribution in [0.2, 0.25) is 0 Å². The Morgan fingerprint density at radius 2 is 1.18 bits per heavy atom. The molecule has 0 bridgehead atoms. The van der Waals surface area contributed by atoms with Gasteiger partial charge in [-0.15, -0.1) is 0 Å². The van der Waals surface area contributed by atoms with E-state index in [4.69, 9.17) is 4.74 Å². The smallest absolute Gasteiger partial charge is 0.434 e. The van der Waals surface area contributed by atoms with Gasteiger partial charge in [-0.1, -0.05) is 72.8 Å². The van der Waals surface area contributed by atoms with Gasteiger partial charge in [0.15, 0.2) is 24.8 Å². The van der Waals surface area contributed by atoms with Gasteiger partial charge in [0.05, 0.1) is 24.6 Å². The number of aryl methyl sites for hydroxylation is 2. The molecule has 0 amide bonds. The Morgan fingerprint density at radius 1 is 0.689 bits per heavy atom. The first kappa shape index (κ1) is 34.0. The van der Waals surface area contributed by atoms with Crippen LogP contribution in [0.1, 0.15) is 16.7 Å². The molecule has 0 heterocycles. The number of methoxy groups -OCH3 is 1. The van der Waals surface area contributed by atoms with Crippen molar-refractivity contribution in [2.24, 2.45) is 0 Å². The summed E-state index contributed by atoms with van der Waals surface area (Å²) in [5.74, 6) is 0.985. The molecule has 11 heteroatoms. The lowest BCUT2D eigenvalue weighted by Crippen LogP contribution is -2.48. The predicted molar refractivity (Wildman–Crippen MR) is 166 cm³/mol. The van der Waals surface area contributed by atoms with Gasteiger partial charge in [-0.05, 0) is 71.6 Å². The lowest BCUT2D eigenvalue weighted by atomic mass is 10.1. The van der Waals surface area contributed by atoms with E-state index < -0.39 is 28.1 Å². The molecule has 0 aliphatic rings. The second-order valence-corrected chi connectivity index (χ2v) is 13.4. The molecule has 0 aliphatic heterocycles. The maximum Gasteiger partial charge on any atom is 0.434 e. The minimum atomic E-state index is -6.56. The largest absolute Gasteiger partial charge is 0.743 e. The minimum Gasteiger partial charge on any atom is -0.743 e. The first-order valence-electron chi connectivity index (χ1n) is 13.6. The molecule has 0 spiro atoms. The molecule has 5 aromatic carbocycles. The molecule has 0 saturated carbocycles. The summed E-state index contributed by atoms with van der Waals surface area (Å²) in [5, 5.41) is -4.39. The second kappa shape index (κ2) is 14.0. The van der Waals surface area contributed by atoms with E-state index in [2.05, 4.69) is 91.4 Å². The standard InChI is InChI=1S/C21H21OS.C13H10F4O4S/c1-16-14-20(15-17(2)21(16)22-3)23(18-10-6-4-7-11-18)19-12-8-5-9-13-19;14-12(15,13(16,17)22(18,19)20)21-8-9-5-6-10-3-1-2-4-11(10)7-9/h4-15H,1-3H3;1-7H,8H2,(H,18,19,20)/q+1;/p-1. The number of fused-ring (bicyclic) bond motifs is 1. The molecule has 45 heavy (non-hydrogen) atoms. The Hall–Kier alpha value is -3.90. The average molecular weight is 659 g/mol. The van der Waals surface area contributed by atoms with E-state index in [9.17, 15) is 30.5 Å². The molecule has 0 N–H and O–H groups in total. The molecule has 0 atom stereocenters. The molecular weight excluding hydrogens is 628 g/mol. The Morgan fingerprint density at radius 3 is 1.67 bits per heavy atom. The number of ether oxygens (including phenoxy) is 2. The van der Waals surface area contributed by atoms with E-state index in [0.29, 0.717) is 5.39 Å². The fourth-order valence-electron chi connectivity index (χ4n) is 4.60. The van der Waals surface area contributed by atoms with E-state index in [0.717, 1.165) is 11.1 Å². The monoisotopic (exact) mass is 658 g/mol. The zero-order chi connectivity index (χ0) is 32.8. The number of rotatable bonds is 9. The van der Waals surface area contributed by atoms with Gasteiger partial charge in [-0.25, -0.2) is 8.42 Å². The van der Waals surface area contributed by atoms with E-state index >= 15 is 0 Å². The summed E-state index contributed by atoms with van der Waals surface area (Å²) in [6.45, 7) is 3.25. The van der Waals surface area contributed by atoms with Crippen molar-refractivity contribution >= 4 is 31.8 Å². The van der Waals surface area contributed by atoms with Crippen LogP contribution < -0.4 is 4.74 Å². The van der Waals surface area contributed by atoms with Gasteiger partial charge < -0.3 is 14.0 Å². The number of hydrogen-bond acceptors (Lipinski definition) is 5. The Kier molecular flexibility index (Phi) is 10.6. The van der Waals surface area contributed by atoms with Crippen molar-refractivity contribution in [2.75, 3.05) is 7.11 Å². The lowest BCUT2D eigenvalue weighted by molar-refractivity contribution is -0.323. The molecule has 0 fully saturated rings. The lowest BCUT2D eigenvalue weighted by Gasteiger charge is -2.27. The highest BCUT2D eigenvalue weighted by Gasteiger charge is 2.63. The molecule has 5 rings (SSSR count). The molecule has 5 aromatic rings.